The van der Waals surface area contributed by atoms with Gasteiger partial charge in [0, 0.05) is 40.1 Å². The quantitative estimate of drug-likeness (QED) is 0.443. The van der Waals surface area contributed by atoms with Gasteiger partial charge >= 0.3 is 5.97 Å². The van der Waals surface area contributed by atoms with E-state index < -0.39 is 11.9 Å². The minimum absolute atomic E-state index is 0.0699. The smallest absolute Gasteiger partial charge is 0.336 e. The number of Topliss-reactive ketones (excluding diaryl/α,β-unsaturated/α-hetero) is 1. The molecule has 1 aliphatic heterocycles. The second kappa shape index (κ2) is 9.92. The van der Waals surface area contributed by atoms with Gasteiger partial charge in [-0.3, -0.25) is 4.79 Å². The maximum absolute atomic E-state index is 13.5. The van der Waals surface area contributed by atoms with Crippen molar-refractivity contribution in [1.29, 1.82) is 0 Å². The maximum Gasteiger partial charge on any atom is 0.336 e. The van der Waals surface area contributed by atoms with Crippen LogP contribution in [0.15, 0.2) is 94.7 Å². The number of carbonyl (C=O) groups excluding carboxylic acids is 2. The van der Waals surface area contributed by atoms with Crippen LogP contribution in [0, 0.1) is 0 Å². The summed E-state index contributed by atoms with van der Waals surface area (Å²) in [7, 11) is 1.37. The number of thiophene rings is 1. The molecule has 0 spiro atoms. The molecule has 6 heteroatoms. The number of methoxy groups -OCH3 is 1. The standard InChI is InChI=1S/C29H27NO4S/c1-18-26(29(32)33-2)27(20-10-12-22(13-11-20)34-17-19-7-4-3-5-8-19)28-23(30-18)15-21(16-24(28)31)25-9-6-14-35-25/h3-14,21,27,30H,15-17H2,1-2H3/t21-,27-/m1/s1. The van der Waals surface area contributed by atoms with E-state index >= 15 is 0 Å². The zero-order valence-electron chi connectivity index (χ0n) is 19.7. The van der Waals surface area contributed by atoms with E-state index in [2.05, 4.69) is 11.4 Å². The molecule has 1 N–H and O–H groups in total. The normalized spacial score (nSPS) is 19.8. The van der Waals surface area contributed by atoms with E-state index in [-0.39, 0.29) is 11.7 Å². The molecule has 1 aromatic heterocycles. The van der Waals surface area contributed by atoms with Crippen molar-refractivity contribution >= 4 is 23.1 Å². The highest BCUT2D eigenvalue weighted by molar-refractivity contribution is 7.10. The molecule has 0 unspecified atom stereocenters. The minimum Gasteiger partial charge on any atom is -0.489 e. The largest absolute Gasteiger partial charge is 0.489 e. The molecule has 0 fully saturated rings. The van der Waals surface area contributed by atoms with Gasteiger partial charge in [-0.15, -0.1) is 11.3 Å². The topological polar surface area (TPSA) is 64.6 Å². The van der Waals surface area contributed by atoms with Crippen molar-refractivity contribution in [1.82, 2.24) is 5.32 Å². The first-order chi connectivity index (χ1) is 17.0. The molecule has 0 saturated heterocycles. The summed E-state index contributed by atoms with van der Waals surface area (Å²) >= 11 is 1.68. The number of dihydropyridines is 1. The molecule has 2 aliphatic rings. The Morgan fingerprint density at radius 3 is 2.49 bits per heavy atom. The number of rotatable bonds is 6. The Morgan fingerprint density at radius 2 is 1.80 bits per heavy atom. The van der Waals surface area contributed by atoms with Gasteiger partial charge in [0.25, 0.3) is 0 Å². The number of hydrogen-bond acceptors (Lipinski definition) is 6. The zero-order valence-corrected chi connectivity index (χ0v) is 20.6. The van der Waals surface area contributed by atoms with Crippen LogP contribution in [0.4, 0.5) is 0 Å². The number of nitrogens with one attached hydrogen (secondary N) is 1. The van der Waals surface area contributed by atoms with Crippen LogP contribution >= 0.6 is 11.3 Å². The molecule has 0 saturated carbocycles. The van der Waals surface area contributed by atoms with Crippen LogP contribution in [0.25, 0.3) is 0 Å². The Kier molecular flexibility index (Phi) is 6.55. The van der Waals surface area contributed by atoms with Gasteiger partial charge in [-0.25, -0.2) is 4.79 Å². The summed E-state index contributed by atoms with van der Waals surface area (Å²) in [5.74, 6) is 0.0488. The summed E-state index contributed by atoms with van der Waals surface area (Å²) in [6, 6.07) is 21.8. The monoisotopic (exact) mass is 485 g/mol. The second-order valence-electron chi connectivity index (χ2n) is 8.87. The predicted molar refractivity (Wildman–Crippen MR) is 136 cm³/mol. The van der Waals surface area contributed by atoms with Crippen molar-refractivity contribution in [2.45, 2.75) is 38.2 Å². The maximum atomic E-state index is 13.5. The SMILES string of the molecule is COC(=O)C1=C(C)NC2=C(C(=O)C[C@H](c3cccs3)C2)[C@@H]1c1ccc(OCc2ccccc2)cc1. The van der Waals surface area contributed by atoms with Crippen molar-refractivity contribution < 1.29 is 19.1 Å². The van der Waals surface area contributed by atoms with Crippen LogP contribution < -0.4 is 10.1 Å². The van der Waals surface area contributed by atoms with E-state index in [1.165, 1.54) is 12.0 Å². The molecule has 0 amide bonds. The third kappa shape index (κ3) is 4.66. The fourth-order valence-corrected chi connectivity index (χ4v) is 5.81. The molecule has 1 aliphatic carbocycles. The molecule has 3 aromatic rings. The Labute approximate surface area is 209 Å². The summed E-state index contributed by atoms with van der Waals surface area (Å²) in [5.41, 5.74) is 4.73. The average molecular weight is 486 g/mol. The third-order valence-electron chi connectivity index (χ3n) is 6.64. The highest BCUT2D eigenvalue weighted by Crippen LogP contribution is 2.46. The molecule has 0 radical (unpaired) electrons. The zero-order chi connectivity index (χ0) is 24.4. The Balaban J connectivity index is 1.47. The van der Waals surface area contributed by atoms with E-state index in [0.29, 0.717) is 24.2 Å². The lowest BCUT2D eigenvalue weighted by Gasteiger charge is -2.36. The predicted octanol–water partition coefficient (Wildman–Crippen LogP) is 5.86. The minimum atomic E-state index is -0.473. The fraction of sp³-hybridized carbons (Fsp3) is 0.241. The summed E-state index contributed by atoms with van der Waals surface area (Å²) in [6.07, 6.45) is 1.17. The van der Waals surface area contributed by atoms with Gasteiger partial charge in [0.1, 0.15) is 12.4 Å². The molecule has 0 bridgehead atoms. The van der Waals surface area contributed by atoms with E-state index in [0.717, 1.165) is 34.7 Å². The van der Waals surface area contributed by atoms with Crippen LogP contribution in [-0.4, -0.2) is 18.9 Å². The van der Waals surface area contributed by atoms with Crippen molar-refractivity contribution in [2.24, 2.45) is 0 Å². The van der Waals surface area contributed by atoms with Crippen molar-refractivity contribution in [3.63, 3.8) is 0 Å². The number of allylic oxidation sites excluding steroid dienone is 3. The van der Waals surface area contributed by atoms with E-state index in [4.69, 9.17) is 9.47 Å². The first-order valence-corrected chi connectivity index (χ1v) is 12.6. The van der Waals surface area contributed by atoms with Gasteiger partial charge in [0.2, 0.25) is 0 Å². The molecule has 35 heavy (non-hydrogen) atoms. The van der Waals surface area contributed by atoms with Crippen LogP contribution in [0.3, 0.4) is 0 Å². The number of ketones is 1. The van der Waals surface area contributed by atoms with Gasteiger partial charge in [-0.1, -0.05) is 48.5 Å². The van der Waals surface area contributed by atoms with Crippen molar-refractivity contribution in [2.75, 3.05) is 7.11 Å². The number of esters is 1. The number of benzene rings is 2. The highest BCUT2D eigenvalue weighted by Gasteiger charge is 2.41. The molecule has 2 atom stereocenters. The van der Waals surface area contributed by atoms with Gasteiger partial charge in [0.05, 0.1) is 12.7 Å². The summed E-state index contributed by atoms with van der Waals surface area (Å²) in [6.45, 7) is 2.34. The molecule has 2 aromatic carbocycles. The van der Waals surface area contributed by atoms with Gasteiger partial charge in [-0.2, -0.15) is 0 Å². The Hall–Kier alpha value is -3.64. The third-order valence-corrected chi connectivity index (χ3v) is 7.68. The first-order valence-electron chi connectivity index (χ1n) is 11.7. The molecule has 178 valence electrons. The lowest BCUT2D eigenvalue weighted by Crippen LogP contribution is -2.35. The van der Waals surface area contributed by atoms with Crippen molar-refractivity contribution in [3.05, 3.63) is 111 Å². The average Bonchev–Trinajstić information content (AvgIpc) is 3.42. The van der Waals surface area contributed by atoms with Crippen LogP contribution in [0.1, 0.15) is 47.6 Å². The van der Waals surface area contributed by atoms with Crippen LogP contribution in [0.5, 0.6) is 5.75 Å². The fourth-order valence-electron chi connectivity index (χ4n) is 4.98. The Bertz CT molecular complexity index is 1290. The second-order valence-corrected chi connectivity index (χ2v) is 9.85. The number of carbonyl (C=O) groups is 2. The summed E-state index contributed by atoms with van der Waals surface area (Å²) < 4.78 is 11.1. The van der Waals surface area contributed by atoms with E-state index in [9.17, 15) is 9.59 Å². The van der Waals surface area contributed by atoms with E-state index in [1.54, 1.807) is 11.3 Å². The molecule has 5 rings (SSSR count). The van der Waals surface area contributed by atoms with Crippen molar-refractivity contribution in [3.8, 4) is 5.75 Å². The number of hydrogen-bond donors (Lipinski definition) is 1. The molecular formula is C29H27NO4S. The first kappa shape index (κ1) is 23.1. The highest BCUT2D eigenvalue weighted by atomic mass is 32.1. The summed E-state index contributed by atoms with van der Waals surface area (Å²) in [5, 5.41) is 5.42. The lowest BCUT2D eigenvalue weighted by molar-refractivity contribution is -0.136. The Morgan fingerprint density at radius 1 is 1.03 bits per heavy atom. The van der Waals surface area contributed by atoms with Gasteiger partial charge in [0.15, 0.2) is 5.78 Å². The van der Waals surface area contributed by atoms with Crippen LogP contribution in [-0.2, 0) is 20.9 Å². The molecular weight excluding hydrogens is 458 g/mol. The molecule has 5 nitrogen and oxygen atoms in total. The van der Waals surface area contributed by atoms with Crippen LogP contribution in [0.2, 0.25) is 0 Å². The van der Waals surface area contributed by atoms with Gasteiger partial charge in [-0.05, 0) is 48.1 Å². The number of ether oxygens (including phenoxy) is 2. The summed E-state index contributed by atoms with van der Waals surface area (Å²) in [4.78, 5) is 27.6. The lowest BCUT2D eigenvalue weighted by atomic mass is 9.72. The molecule has 2 heterocycles. The van der Waals surface area contributed by atoms with E-state index in [1.807, 2.05) is 73.0 Å². The van der Waals surface area contributed by atoms with Gasteiger partial charge < -0.3 is 14.8 Å².